The second kappa shape index (κ2) is 49.9. The van der Waals surface area contributed by atoms with Gasteiger partial charge in [0, 0.05) is 43.1 Å². The van der Waals surface area contributed by atoms with Gasteiger partial charge < -0.3 is 275 Å². The molecule has 0 bridgehead atoms. The van der Waals surface area contributed by atoms with Gasteiger partial charge >= 0.3 is 11.9 Å². The molecule has 55 atom stereocenters. The Balaban J connectivity index is 0.953. The molecule has 784 valence electrons. The highest BCUT2D eigenvalue weighted by Gasteiger charge is 2.63. The first-order chi connectivity index (χ1) is 63.1. The van der Waals surface area contributed by atoms with E-state index in [1.807, 2.05) is 0 Å². The van der Waals surface area contributed by atoms with Gasteiger partial charge in [0.2, 0.25) is 0 Å². The van der Waals surface area contributed by atoms with Crippen molar-refractivity contribution >= 4 is 11.9 Å². The number of carboxylic acids is 2. The van der Waals surface area contributed by atoms with Gasteiger partial charge in [-0.1, -0.05) is 27.7 Å². The average molecular weight is 1970 g/mol. The minimum absolute atomic E-state index is 0.586. The maximum atomic E-state index is 13.1. The van der Waals surface area contributed by atoms with Gasteiger partial charge in [-0.25, -0.2) is 9.59 Å². The Morgan fingerprint density at radius 3 is 1.27 bits per heavy atom. The Kier molecular flexibility index (Phi) is 42.6. The highest BCUT2D eigenvalue weighted by atomic mass is 16.8. The summed E-state index contributed by atoms with van der Waals surface area (Å²) in [6, 6.07) is -3.26. The number of aliphatic carboxylic acids is 2. The molecule has 9 aliphatic rings. The van der Waals surface area contributed by atoms with E-state index in [9.17, 15) is 183 Å². The zero-order valence-electron chi connectivity index (χ0n) is 73.1. The van der Waals surface area contributed by atoms with Gasteiger partial charge in [0.05, 0.1) is 133 Å². The second-order valence-corrected chi connectivity index (χ2v) is 35.2. The molecule has 9 heterocycles. The Bertz CT molecular complexity index is 3500. The smallest absolute Gasteiger partial charge is 0.364 e. The fourth-order valence-electron chi connectivity index (χ4n) is 17.3. The minimum Gasteiger partial charge on any atom is -0.477 e. The van der Waals surface area contributed by atoms with E-state index in [0.717, 1.165) is 6.92 Å². The summed E-state index contributed by atoms with van der Waals surface area (Å²) in [4.78, 5) is 25.9. The predicted molar refractivity (Wildman–Crippen MR) is 421 cm³/mol. The summed E-state index contributed by atoms with van der Waals surface area (Å²) in [5.74, 6) is -15.2. The zero-order chi connectivity index (χ0) is 99.8. The molecule has 57 heteroatoms. The van der Waals surface area contributed by atoms with Crippen molar-refractivity contribution in [1.29, 1.82) is 0 Å². The van der Waals surface area contributed by atoms with E-state index < -0.39 is 446 Å². The lowest BCUT2D eigenvalue weighted by Gasteiger charge is -2.51. The van der Waals surface area contributed by atoms with E-state index in [2.05, 4.69) is 0 Å². The molecule has 0 radical (unpaired) electrons. The van der Waals surface area contributed by atoms with E-state index in [1.165, 1.54) is 13.8 Å². The lowest BCUT2D eigenvalue weighted by molar-refractivity contribution is -0.395. The van der Waals surface area contributed by atoms with E-state index >= 15 is 0 Å². The van der Waals surface area contributed by atoms with Crippen LogP contribution in [0, 0.1) is 23.7 Å². The first-order valence-corrected chi connectivity index (χ1v) is 43.6. The van der Waals surface area contributed by atoms with E-state index in [-0.39, 0.29) is 0 Å². The highest BCUT2D eigenvalue weighted by Crippen LogP contribution is 2.44. The van der Waals surface area contributed by atoms with Gasteiger partial charge in [0.1, 0.15) is 183 Å². The largest absolute Gasteiger partial charge is 0.477 e. The van der Waals surface area contributed by atoms with Crippen LogP contribution >= 0.6 is 0 Å². The molecule has 134 heavy (non-hydrogen) atoms. The van der Waals surface area contributed by atoms with Crippen molar-refractivity contribution in [1.82, 2.24) is 0 Å². The molecule has 0 aliphatic carbocycles. The van der Waals surface area contributed by atoms with Crippen LogP contribution in [0.15, 0.2) is 0 Å². The summed E-state index contributed by atoms with van der Waals surface area (Å²) in [7, 11) is 0. The van der Waals surface area contributed by atoms with Gasteiger partial charge in [-0.05, 0) is 19.8 Å². The average Bonchev–Trinajstić information content (AvgIpc) is 0.755. The fourth-order valence-corrected chi connectivity index (χ4v) is 17.3. The van der Waals surface area contributed by atoms with Crippen molar-refractivity contribution in [3.8, 4) is 0 Å². The molecule has 0 aromatic rings. The van der Waals surface area contributed by atoms with Crippen LogP contribution in [0.5, 0.6) is 0 Å². The molecule has 9 saturated heterocycles. The molecule has 0 spiro atoms. The molecule has 9 fully saturated rings. The van der Waals surface area contributed by atoms with Crippen LogP contribution in [-0.4, -0.2) is 570 Å². The Labute approximate surface area is 763 Å². The van der Waals surface area contributed by atoms with E-state index in [1.54, 1.807) is 13.8 Å². The molecule has 9 rings (SSSR count). The number of hydrogen-bond acceptors (Lipinski definition) is 55. The summed E-state index contributed by atoms with van der Waals surface area (Å²) >= 11 is 0. The molecule has 9 aliphatic heterocycles. The van der Waals surface area contributed by atoms with Gasteiger partial charge in [-0.2, -0.15) is 0 Å². The molecule has 0 aromatic carbocycles. The number of nitrogens with two attached hydrogens (primary N) is 2. The standard InChI is InChI=1S/C77H136N2O55/c1-21-25(5)118-34(16-85)58(41(21)95)127-68-22(2)42(96)57(35(17-86)121-68)125-66(110)54(108)56(126-73-65(52(106)48(102)32(14-83)120-73)131-70-24(4)44(98)60(37(19-88)123-70)129-72-55(109)63(50(104)33(15-84)119-72)134-77(75(114)115)11-29(92)40(79)62(133-77)47(101)31(94)13-82)27(90)7-9-116-67(111)64(45(99)26(89)6-8-80)130-69-23(3)43(97)59(36(18-87)122-69)128-71-53(107)51(105)49(103)38(124-71)20-117-76(74(112)113)10-28(91)39(78)61(132-76)46(100)30(93)12-81/h21-73,80-111H,6-20,78-79H2,1-5H3,(H,112,113)(H,114,115)/t21-,22+,23?,24+,25+,26-,27-,28-,29-,30-,31-,32-,33?,34?,35?,36+,37?,38?,39-,40-,41?,42?,43?,44?,45?,46-,47-,48-,49+,50+,51+,52?,53?,54-,55+,56?,57-,58-,59-,60-,61?,62?,63?,64-,65?,66+,67-,68+,69+,70+,71?,72+,73-,76-,77+/m1/s1. The lowest BCUT2D eigenvalue weighted by Crippen LogP contribution is -2.70. The van der Waals surface area contributed by atoms with Crippen molar-refractivity contribution in [3.05, 3.63) is 0 Å². The Morgan fingerprint density at radius 2 is 0.769 bits per heavy atom. The monoisotopic (exact) mass is 1970 g/mol. The summed E-state index contributed by atoms with van der Waals surface area (Å²) in [5.41, 5.74) is 12.0. The molecule has 0 saturated carbocycles. The van der Waals surface area contributed by atoms with E-state index in [4.69, 9.17) is 101 Å². The quantitative estimate of drug-likeness (QED) is 0.0252. The number of aliphatic hydroxyl groups is 32. The minimum atomic E-state index is -3.19. The van der Waals surface area contributed by atoms with Gasteiger partial charge in [-0.3, -0.25) is 0 Å². The van der Waals surface area contributed by atoms with Crippen LogP contribution in [0.25, 0.3) is 0 Å². The number of carboxylic acid groups (broad SMARTS) is 2. The first-order valence-electron chi connectivity index (χ1n) is 43.6. The van der Waals surface area contributed by atoms with Crippen molar-refractivity contribution in [3.63, 3.8) is 0 Å². The number of rotatable bonds is 45. The Morgan fingerprint density at radius 1 is 0.366 bits per heavy atom. The van der Waals surface area contributed by atoms with Crippen LogP contribution in [0.1, 0.15) is 60.3 Å². The summed E-state index contributed by atoms with van der Waals surface area (Å²) in [6.45, 7) is -4.81. The third kappa shape index (κ3) is 25.2. The molecule has 0 aromatic heterocycles. The van der Waals surface area contributed by atoms with Crippen LogP contribution in [0.4, 0.5) is 0 Å². The van der Waals surface area contributed by atoms with Crippen LogP contribution in [0.2, 0.25) is 0 Å². The number of carbonyl (C=O) groups is 2. The fraction of sp³-hybridized carbons (Fsp3) is 0.974. The van der Waals surface area contributed by atoms with Crippen molar-refractivity contribution in [2.75, 3.05) is 72.7 Å². The summed E-state index contributed by atoms with van der Waals surface area (Å²) < 4.78 is 111. The van der Waals surface area contributed by atoms with E-state index in [0.29, 0.717) is 0 Å². The predicted octanol–water partition coefficient (Wildman–Crippen LogP) is -20.5. The van der Waals surface area contributed by atoms with Crippen LogP contribution in [0.3, 0.4) is 0 Å². The SMILES string of the molecule is CC1C(O)[C@H](OC2OC(CO[C@]3(C(=O)O)C[C@@H](O)[C@@H](N)C([C@H](O)[C@H](O)CO)O3)[C@H](O)[C@H](O)C2O)[C@H](CO)O[C@H]1O[C@H](C(O)[C@H](O)CCO)[C@H](O)OCC[C@@H](O)C(O[C@H]1O[C@H](CO)[C@@H](O)C(O)C1O[C@@H]1OC(CO)[C@@H](O[C@@H]2OC(CO)[C@H](O)C(O[C@]3(C(=O)O)C[C@@H](O)[C@@H](N)C([C@H](O)[C@H](O)CO)O3)[C@@H]2O)C(O)[C@@H]1C)[C@@H](O)[C@@H](O)O[C@@H]1C(CO)O[C@@H](O[C@@H]2C(CO)O[C@@H](C)[C@@H](C)C2O)[C@@H](C)C1O. The first kappa shape index (κ1) is 114. The summed E-state index contributed by atoms with van der Waals surface area (Å²) in [6.07, 6.45) is -100. The molecular weight excluding hydrogens is 1830 g/mol. The van der Waals surface area contributed by atoms with Gasteiger partial charge in [-0.15, -0.1) is 0 Å². The van der Waals surface area contributed by atoms with Gasteiger partial charge in [0.15, 0.2) is 50.3 Å². The molecular formula is C77H136N2O55. The molecule has 0 amide bonds. The number of hydrogen-bond donors (Lipinski definition) is 36. The van der Waals surface area contributed by atoms with Crippen molar-refractivity contribution < 1.29 is 273 Å². The molecule has 19 unspecified atom stereocenters. The topological polar surface area (TPSA) is 949 Å². The van der Waals surface area contributed by atoms with Crippen LogP contribution in [-0.2, 0) is 99.6 Å². The van der Waals surface area contributed by atoms with Crippen molar-refractivity contribution in [2.24, 2.45) is 35.1 Å². The third-order valence-electron chi connectivity index (χ3n) is 26.1. The second-order valence-electron chi connectivity index (χ2n) is 35.2. The number of ether oxygens (including phenoxy) is 19. The highest BCUT2D eigenvalue weighted by molar-refractivity contribution is 5.76. The lowest BCUT2D eigenvalue weighted by atomic mass is 9.88. The van der Waals surface area contributed by atoms with Crippen LogP contribution < -0.4 is 11.5 Å². The zero-order valence-corrected chi connectivity index (χ0v) is 73.1. The number of aliphatic hydroxyl groups excluding tert-OH is 32. The van der Waals surface area contributed by atoms with Crippen molar-refractivity contribution in [2.45, 2.75) is 372 Å². The third-order valence-corrected chi connectivity index (χ3v) is 26.1. The van der Waals surface area contributed by atoms with Gasteiger partial charge in [0.25, 0.3) is 11.6 Å². The maximum absolute atomic E-state index is 13.1. The summed E-state index contributed by atoms with van der Waals surface area (Å²) in [5, 5.41) is 376. The molecule has 38 N–H and O–H groups in total. The maximum Gasteiger partial charge on any atom is 0.364 e. The normalized spacial score (nSPS) is 46.0. The molecule has 57 nitrogen and oxygen atoms in total. The Hall–Kier alpha value is -3.18.